The normalized spacial score (nSPS) is 11.8. The summed E-state index contributed by atoms with van der Waals surface area (Å²) in [4.78, 5) is 21.9. The van der Waals surface area contributed by atoms with Crippen molar-refractivity contribution in [3.63, 3.8) is 0 Å². The molecule has 0 saturated heterocycles. The van der Waals surface area contributed by atoms with Crippen LogP contribution in [0.5, 0.6) is 5.75 Å². The van der Waals surface area contributed by atoms with Crippen LogP contribution in [0.4, 0.5) is 0 Å². The Morgan fingerprint density at radius 1 is 1.35 bits per heavy atom. The number of carbonyl (C=O) groups excluding carboxylic acids is 2. The molecular formula is C11H14N2O4. The van der Waals surface area contributed by atoms with Crippen LogP contribution >= 0.6 is 0 Å². The number of hydrogen-bond donors (Lipinski definition) is 3. The zero-order valence-electron chi connectivity index (χ0n) is 9.18. The van der Waals surface area contributed by atoms with E-state index in [2.05, 4.69) is 11.1 Å². The summed E-state index contributed by atoms with van der Waals surface area (Å²) in [5.41, 5.74) is 4.04. The van der Waals surface area contributed by atoms with Gasteiger partial charge in [0.25, 0.3) is 5.91 Å². The van der Waals surface area contributed by atoms with Crippen molar-refractivity contribution < 1.29 is 25.5 Å². The quantitative estimate of drug-likeness (QED) is 0.522. The zero-order chi connectivity index (χ0) is 12.8. The molecule has 0 aliphatic carbocycles. The maximum atomic E-state index is 11.1. The molecule has 0 fully saturated rings. The first-order valence-electron chi connectivity index (χ1n) is 5.10. The number of quaternary nitrogens is 1. The van der Waals surface area contributed by atoms with Crippen molar-refractivity contribution in [3.8, 4) is 5.75 Å². The van der Waals surface area contributed by atoms with Crippen LogP contribution in [0.1, 0.15) is 5.56 Å². The first-order chi connectivity index (χ1) is 8.02. The van der Waals surface area contributed by atoms with Crippen molar-refractivity contribution in [1.29, 1.82) is 0 Å². The molecule has 17 heavy (non-hydrogen) atoms. The number of aliphatic carboxylic acids is 1. The Kier molecular flexibility index (Phi) is 4.47. The van der Waals surface area contributed by atoms with Gasteiger partial charge in [0.2, 0.25) is 0 Å². The van der Waals surface area contributed by atoms with E-state index in [0.29, 0.717) is 5.56 Å². The minimum absolute atomic E-state index is 0.0284. The second kappa shape index (κ2) is 5.86. The number of amides is 1. The van der Waals surface area contributed by atoms with Crippen LogP contribution in [-0.4, -0.2) is 29.6 Å². The lowest BCUT2D eigenvalue weighted by Crippen LogP contribution is -2.60. The molecule has 0 aliphatic rings. The number of phenols is 1. The van der Waals surface area contributed by atoms with Gasteiger partial charge in [-0.2, -0.15) is 0 Å². The predicted octanol–water partition coefficient (Wildman–Crippen LogP) is -2.59. The molecule has 6 nitrogen and oxygen atoms in total. The summed E-state index contributed by atoms with van der Waals surface area (Å²) >= 11 is 0. The highest BCUT2D eigenvalue weighted by Crippen LogP contribution is 2.11. The number of aromatic hydroxyl groups is 1. The number of rotatable bonds is 5. The molecule has 0 unspecified atom stereocenters. The number of carbonyl (C=O) groups is 2. The van der Waals surface area contributed by atoms with Gasteiger partial charge in [0, 0.05) is 0 Å². The third-order valence-electron chi connectivity index (χ3n) is 2.22. The lowest BCUT2D eigenvalue weighted by Gasteiger charge is -2.18. The van der Waals surface area contributed by atoms with E-state index in [0.717, 1.165) is 0 Å². The lowest BCUT2D eigenvalue weighted by atomic mass is 10.1. The number of benzene rings is 1. The third kappa shape index (κ3) is 4.12. The van der Waals surface area contributed by atoms with Crippen LogP contribution in [0.25, 0.3) is 0 Å². The van der Waals surface area contributed by atoms with Crippen LogP contribution in [0.15, 0.2) is 24.3 Å². The number of hydrogen-bond acceptors (Lipinski definition) is 4. The minimum Gasteiger partial charge on any atom is -0.548 e. The summed E-state index contributed by atoms with van der Waals surface area (Å²) in [5, 5.41) is 22.2. The molecule has 0 aromatic heterocycles. The van der Waals surface area contributed by atoms with Gasteiger partial charge in [-0.25, -0.2) is 0 Å². The average Bonchev–Trinajstić information content (AvgIpc) is 2.30. The minimum atomic E-state index is -1.35. The van der Waals surface area contributed by atoms with Gasteiger partial charge in [-0.1, -0.05) is 12.1 Å². The lowest BCUT2D eigenvalue weighted by molar-refractivity contribution is -0.355. The summed E-state index contributed by atoms with van der Waals surface area (Å²) in [6, 6.07) is 4.98. The maximum absolute atomic E-state index is 11.1. The molecule has 1 aromatic rings. The standard InChI is InChI=1S/C11H14N2O4/c12-6-10(15)13-9(11(16)17)5-7-1-3-8(14)4-2-7/h1-4,9,14H,5-6,12H2,(H,13,15)(H,16,17)/t9-/m1/s1. The average molecular weight is 238 g/mol. The monoisotopic (exact) mass is 238 g/mol. The summed E-state index contributed by atoms with van der Waals surface area (Å²) in [7, 11) is 0. The van der Waals surface area contributed by atoms with Crippen molar-refractivity contribution >= 4 is 11.9 Å². The third-order valence-corrected chi connectivity index (χ3v) is 2.22. The van der Waals surface area contributed by atoms with E-state index in [4.69, 9.17) is 5.11 Å². The van der Waals surface area contributed by atoms with Gasteiger partial charge in [-0.05, 0) is 24.1 Å². The van der Waals surface area contributed by atoms with Gasteiger partial charge in [0.1, 0.15) is 5.75 Å². The van der Waals surface area contributed by atoms with Gasteiger partial charge in [0.15, 0.2) is 6.54 Å². The van der Waals surface area contributed by atoms with Crippen molar-refractivity contribution in [2.24, 2.45) is 0 Å². The van der Waals surface area contributed by atoms with Crippen LogP contribution in [0, 0.1) is 0 Å². The van der Waals surface area contributed by atoms with Crippen molar-refractivity contribution in [1.82, 2.24) is 5.32 Å². The Balaban J connectivity index is 2.70. The molecule has 0 spiro atoms. The fourth-order valence-electron chi connectivity index (χ4n) is 1.33. The van der Waals surface area contributed by atoms with Crippen LogP contribution < -0.4 is 16.2 Å². The topological polar surface area (TPSA) is 117 Å². The highest BCUT2D eigenvalue weighted by molar-refractivity contribution is 5.83. The molecule has 6 heteroatoms. The van der Waals surface area contributed by atoms with Gasteiger partial charge >= 0.3 is 0 Å². The van der Waals surface area contributed by atoms with E-state index in [1.54, 1.807) is 12.1 Å². The van der Waals surface area contributed by atoms with Crippen LogP contribution in [0.2, 0.25) is 0 Å². The Bertz CT molecular complexity index is 402. The van der Waals surface area contributed by atoms with E-state index in [-0.39, 0.29) is 18.7 Å². The molecular weight excluding hydrogens is 224 g/mol. The summed E-state index contributed by atoms with van der Waals surface area (Å²) in [6.07, 6.45) is 0.106. The molecule has 0 radical (unpaired) electrons. The number of nitrogens with one attached hydrogen (secondary N) is 1. The van der Waals surface area contributed by atoms with E-state index >= 15 is 0 Å². The second-order valence-electron chi connectivity index (χ2n) is 3.56. The summed E-state index contributed by atoms with van der Waals surface area (Å²) in [5.74, 6) is -1.70. The highest BCUT2D eigenvalue weighted by Gasteiger charge is 2.14. The first kappa shape index (κ1) is 13.0. The molecule has 1 rings (SSSR count). The SMILES string of the molecule is [NH3+]CC(=O)N[C@H](Cc1ccc(O)cc1)C(=O)[O-]. The fraction of sp³-hybridized carbons (Fsp3) is 0.273. The smallest absolute Gasteiger partial charge is 0.275 e. The van der Waals surface area contributed by atoms with Gasteiger partial charge in [0.05, 0.1) is 12.0 Å². The molecule has 1 atom stereocenters. The zero-order valence-corrected chi connectivity index (χ0v) is 9.18. The van der Waals surface area contributed by atoms with E-state index in [1.165, 1.54) is 12.1 Å². The van der Waals surface area contributed by atoms with E-state index in [9.17, 15) is 14.7 Å². The number of carboxylic acids is 1. The largest absolute Gasteiger partial charge is 0.548 e. The van der Waals surface area contributed by atoms with Crippen molar-refractivity contribution in [2.45, 2.75) is 12.5 Å². The first-order valence-corrected chi connectivity index (χ1v) is 5.10. The molecule has 0 aliphatic heterocycles. The van der Waals surface area contributed by atoms with Gasteiger partial charge < -0.3 is 26.1 Å². The highest BCUT2D eigenvalue weighted by atomic mass is 16.4. The Hall–Kier alpha value is -2.08. The molecule has 0 saturated carbocycles. The van der Waals surface area contributed by atoms with Crippen LogP contribution in [-0.2, 0) is 16.0 Å². The summed E-state index contributed by atoms with van der Waals surface area (Å²) < 4.78 is 0. The molecule has 1 aromatic carbocycles. The maximum Gasteiger partial charge on any atom is 0.275 e. The van der Waals surface area contributed by atoms with E-state index < -0.39 is 17.9 Å². The number of carboxylic acid groups (broad SMARTS) is 1. The van der Waals surface area contributed by atoms with Gasteiger partial charge in [-0.15, -0.1) is 0 Å². The Morgan fingerprint density at radius 3 is 2.41 bits per heavy atom. The van der Waals surface area contributed by atoms with E-state index in [1.807, 2.05) is 0 Å². The molecule has 1 amide bonds. The fourth-order valence-corrected chi connectivity index (χ4v) is 1.33. The number of phenolic OH excluding ortho intramolecular Hbond substituents is 1. The molecule has 5 N–H and O–H groups in total. The molecule has 92 valence electrons. The summed E-state index contributed by atoms with van der Waals surface area (Å²) in [6.45, 7) is -0.0284. The second-order valence-corrected chi connectivity index (χ2v) is 3.56. The Morgan fingerprint density at radius 2 is 1.94 bits per heavy atom. The molecule has 0 bridgehead atoms. The Labute approximate surface area is 98.1 Å². The van der Waals surface area contributed by atoms with Gasteiger partial charge in [-0.3, -0.25) is 4.79 Å². The van der Waals surface area contributed by atoms with Crippen LogP contribution in [0.3, 0.4) is 0 Å². The predicted molar refractivity (Wildman–Crippen MR) is 56.5 cm³/mol. The van der Waals surface area contributed by atoms with Crippen molar-refractivity contribution in [2.75, 3.05) is 6.54 Å². The van der Waals surface area contributed by atoms with Crippen molar-refractivity contribution in [3.05, 3.63) is 29.8 Å². The molecule has 0 heterocycles.